The van der Waals surface area contributed by atoms with Gasteiger partial charge < -0.3 is 9.64 Å². The Morgan fingerprint density at radius 1 is 1.06 bits per heavy atom. The first-order valence-electron chi connectivity index (χ1n) is 11.1. The fourth-order valence-electron chi connectivity index (χ4n) is 4.26. The molecule has 1 amide bonds. The smallest absolute Gasteiger partial charge is 0.229 e. The molecule has 35 heavy (non-hydrogen) atoms. The Kier molecular flexibility index (Phi) is 6.92. The minimum absolute atomic E-state index is 0.00211. The molecule has 0 saturated carbocycles. The van der Waals surface area contributed by atoms with Gasteiger partial charge in [0.05, 0.1) is 29.2 Å². The van der Waals surface area contributed by atoms with E-state index < -0.39 is 0 Å². The Labute approximate surface area is 218 Å². The second-order valence-electron chi connectivity index (χ2n) is 8.29. The quantitative estimate of drug-likeness (QED) is 0.369. The van der Waals surface area contributed by atoms with Crippen LogP contribution in [-0.4, -0.2) is 23.4 Å². The van der Waals surface area contributed by atoms with Gasteiger partial charge in [0.2, 0.25) is 5.91 Å². The first kappa shape index (κ1) is 23.6. The lowest BCUT2D eigenvalue weighted by molar-refractivity contribution is -0.129. The molecule has 0 spiro atoms. The third-order valence-corrected chi connectivity index (χ3v) is 7.86. The van der Waals surface area contributed by atoms with E-state index in [4.69, 9.17) is 27.9 Å². The van der Waals surface area contributed by atoms with Crippen LogP contribution in [0, 0.1) is 11.3 Å². The third kappa shape index (κ3) is 4.99. The lowest BCUT2D eigenvalue weighted by Crippen LogP contribution is -2.47. The number of allylic oxidation sites excluding steroid dienone is 1. The number of nitrogens with zero attached hydrogens (tertiary/aromatic N) is 3. The van der Waals surface area contributed by atoms with E-state index in [0.29, 0.717) is 40.5 Å². The van der Waals surface area contributed by atoms with Crippen LogP contribution < -0.4 is 9.64 Å². The summed E-state index contributed by atoms with van der Waals surface area (Å²) in [4.78, 5) is 17.0. The summed E-state index contributed by atoms with van der Waals surface area (Å²) in [7, 11) is 0. The highest BCUT2D eigenvalue weighted by Gasteiger charge is 2.38. The Balaban J connectivity index is 1.33. The predicted molar refractivity (Wildman–Crippen MR) is 140 cm³/mol. The Hall–Kier alpha value is -3.11. The van der Waals surface area contributed by atoms with E-state index in [2.05, 4.69) is 11.0 Å². The zero-order valence-electron chi connectivity index (χ0n) is 18.7. The zero-order valence-corrected chi connectivity index (χ0v) is 21.0. The van der Waals surface area contributed by atoms with Crippen molar-refractivity contribution >= 4 is 46.6 Å². The summed E-state index contributed by atoms with van der Waals surface area (Å²) in [5.74, 6) is 1.06. The largest absolute Gasteiger partial charge is 0.489 e. The number of carbonyl (C=O) groups is 1. The minimum atomic E-state index is -0.276. The van der Waals surface area contributed by atoms with E-state index in [0.717, 1.165) is 21.8 Å². The van der Waals surface area contributed by atoms with Crippen molar-refractivity contribution in [2.75, 3.05) is 17.4 Å². The number of amides is 1. The molecule has 0 radical (unpaired) electrons. The number of thioether (sulfide) groups is 1. The van der Waals surface area contributed by atoms with E-state index in [1.165, 1.54) is 11.8 Å². The SMILES string of the molecule is N#CC1=C2SCN(c3cccc(Cl)c3)CN2C(=O)CC1c1ccc(OCc2ccccc2Cl)cc1. The summed E-state index contributed by atoms with van der Waals surface area (Å²) >= 11 is 13.9. The molecule has 5 rings (SSSR count). The van der Waals surface area contributed by atoms with Crippen molar-refractivity contribution in [2.24, 2.45) is 0 Å². The van der Waals surface area contributed by atoms with Gasteiger partial charge in [-0.1, -0.05) is 71.4 Å². The van der Waals surface area contributed by atoms with E-state index in [9.17, 15) is 10.1 Å². The Bertz CT molecular complexity index is 1340. The van der Waals surface area contributed by atoms with Gasteiger partial charge >= 0.3 is 0 Å². The molecule has 1 atom stereocenters. The summed E-state index contributed by atoms with van der Waals surface area (Å²) in [6.07, 6.45) is 0.246. The number of benzene rings is 3. The van der Waals surface area contributed by atoms with Crippen molar-refractivity contribution in [3.8, 4) is 11.8 Å². The van der Waals surface area contributed by atoms with Crippen LogP contribution in [0.3, 0.4) is 0 Å². The van der Waals surface area contributed by atoms with Crippen molar-refractivity contribution < 1.29 is 9.53 Å². The molecule has 1 unspecified atom stereocenters. The molecule has 176 valence electrons. The lowest BCUT2D eigenvalue weighted by atomic mass is 9.86. The van der Waals surface area contributed by atoms with Crippen LogP contribution in [0.1, 0.15) is 23.5 Å². The van der Waals surface area contributed by atoms with Crippen LogP contribution in [-0.2, 0) is 11.4 Å². The minimum Gasteiger partial charge on any atom is -0.489 e. The molecule has 0 aliphatic carbocycles. The number of hydrogen-bond donors (Lipinski definition) is 0. The van der Waals surface area contributed by atoms with Gasteiger partial charge in [-0.05, 0) is 42.0 Å². The van der Waals surface area contributed by atoms with Crippen LogP contribution in [0.25, 0.3) is 0 Å². The highest BCUT2D eigenvalue weighted by Crippen LogP contribution is 2.43. The molecule has 2 heterocycles. The van der Waals surface area contributed by atoms with Crippen molar-refractivity contribution in [3.63, 3.8) is 0 Å². The molecule has 0 N–H and O–H groups in total. The summed E-state index contributed by atoms with van der Waals surface area (Å²) in [5, 5.41) is 12.1. The number of carbonyl (C=O) groups excluding carboxylic acids is 1. The monoisotopic (exact) mass is 521 g/mol. The van der Waals surface area contributed by atoms with E-state index >= 15 is 0 Å². The summed E-state index contributed by atoms with van der Waals surface area (Å²) < 4.78 is 5.88. The Morgan fingerprint density at radius 2 is 1.86 bits per heavy atom. The first-order valence-corrected chi connectivity index (χ1v) is 12.8. The van der Waals surface area contributed by atoms with Crippen LogP contribution in [0.2, 0.25) is 10.0 Å². The second-order valence-corrected chi connectivity index (χ2v) is 10.1. The highest BCUT2D eigenvalue weighted by atomic mass is 35.5. The van der Waals surface area contributed by atoms with E-state index in [-0.39, 0.29) is 18.2 Å². The molecular weight excluding hydrogens is 501 g/mol. The van der Waals surface area contributed by atoms with Crippen LogP contribution in [0.4, 0.5) is 5.69 Å². The summed E-state index contributed by atoms with van der Waals surface area (Å²) in [6.45, 7) is 0.761. The summed E-state index contributed by atoms with van der Waals surface area (Å²) in [6, 6.07) is 25.1. The van der Waals surface area contributed by atoms with Crippen molar-refractivity contribution in [1.29, 1.82) is 5.26 Å². The van der Waals surface area contributed by atoms with Crippen molar-refractivity contribution in [3.05, 3.63) is 105 Å². The highest BCUT2D eigenvalue weighted by molar-refractivity contribution is 8.03. The number of nitriles is 1. The first-order chi connectivity index (χ1) is 17.0. The molecule has 2 aliphatic rings. The van der Waals surface area contributed by atoms with Gasteiger partial charge in [0.25, 0.3) is 0 Å². The fraction of sp³-hybridized carbons (Fsp3) is 0.185. The van der Waals surface area contributed by atoms with E-state index in [1.54, 1.807) is 4.90 Å². The molecule has 1 fully saturated rings. The van der Waals surface area contributed by atoms with Crippen LogP contribution in [0.5, 0.6) is 5.75 Å². The van der Waals surface area contributed by atoms with Crippen LogP contribution >= 0.6 is 35.0 Å². The zero-order chi connectivity index (χ0) is 24.4. The number of rotatable bonds is 5. The number of anilines is 1. The molecule has 1 saturated heterocycles. The van der Waals surface area contributed by atoms with Gasteiger partial charge in [0.15, 0.2) is 0 Å². The summed E-state index contributed by atoms with van der Waals surface area (Å²) in [5.41, 5.74) is 3.41. The molecule has 3 aromatic rings. The molecular formula is C27H21Cl2N3O2S. The maximum Gasteiger partial charge on any atom is 0.229 e. The number of hydrogen-bond acceptors (Lipinski definition) is 5. The standard InChI is InChI=1S/C27H21Cl2N3O2S/c28-20-5-3-6-21(12-20)31-16-32-26(33)13-23(24(14-30)27(32)35-17-31)18-8-10-22(11-9-18)34-15-19-4-1-2-7-25(19)29/h1-12,23H,13,15-17H2. The molecule has 2 aliphatic heterocycles. The van der Waals surface area contributed by atoms with Gasteiger partial charge in [-0.2, -0.15) is 5.26 Å². The van der Waals surface area contributed by atoms with Gasteiger partial charge in [-0.25, -0.2) is 0 Å². The molecule has 8 heteroatoms. The fourth-order valence-corrected chi connectivity index (χ4v) is 5.80. The molecule has 0 aromatic heterocycles. The van der Waals surface area contributed by atoms with E-state index in [1.807, 2.05) is 72.8 Å². The maximum absolute atomic E-state index is 13.2. The third-order valence-electron chi connectivity index (χ3n) is 6.10. The van der Waals surface area contributed by atoms with Gasteiger partial charge in [0, 0.05) is 33.6 Å². The average Bonchev–Trinajstić information content (AvgIpc) is 2.88. The molecule has 3 aromatic carbocycles. The molecule has 0 bridgehead atoms. The van der Waals surface area contributed by atoms with Crippen molar-refractivity contribution in [1.82, 2.24) is 4.90 Å². The number of ether oxygens (including phenoxy) is 1. The number of halogens is 2. The van der Waals surface area contributed by atoms with Crippen molar-refractivity contribution in [2.45, 2.75) is 18.9 Å². The number of fused-ring (bicyclic) bond motifs is 1. The van der Waals surface area contributed by atoms with Crippen LogP contribution in [0.15, 0.2) is 83.4 Å². The predicted octanol–water partition coefficient (Wildman–Crippen LogP) is 6.79. The maximum atomic E-state index is 13.2. The topological polar surface area (TPSA) is 56.6 Å². The van der Waals surface area contributed by atoms with Gasteiger partial charge in [-0.15, -0.1) is 0 Å². The normalized spacial score (nSPS) is 17.7. The Morgan fingerprint density at radius 3 is 2.60 bits per heavy atom. The lowest BCUT2D eigenvalue weighted by Gasteiger charge is -2.42. The average molecular weight is 522 g/mol. The van der Waals surface area contributed by atoms with Gasteiger partial charge in [-0.3, -0.25) is 9.69 Å². The second kappa shape index (κ2) is 10.2. The van der Waals surface area contributed by atoms with Gasteiger partial charge in [0.1, 0.15) is 12.4 Å². The molecule has 5 nitrogen and oxygen atoms in total.